The fourth-order valence-corrected chi connectivity index (χ4v) is 2.40. The Kier molecular flexibility index (Phi) is 8.53. The maximum absolute atomic E-state index is 12.9. The van der Waals surface area contributed by atoms with Crippen molar-refractivity contribution < 1.29 is 37.1 Å². The molecule has 3 amide bonds. The number of aromatic nitrogens is 2. The SMILES string of the molecule is NC(=O)c1n[nH]cc1NCc1cccc(NC(=O)Nc2ccc(F)cc2)c1.O=C(O)C(F)(F)F. The van der Waals surface area contributed by atoms with Crippen LogP contribution in [0.2, 0.25) is 0 Å². The molecule has 3 rings (SSSR count). The van der Waals surface area contributed by atoms with E-state index in [-0.39, 0.29) is 11.5 Å². The number of H-pyrrole nitrogens is 1. The number of urea groups is 1. The van der Waals surface area contributed by atoms with Gasteiger partial charge in [0.1, 0.15) is 5.82 Å². The van der Waals surface area contributed by atoms with Gasteiger partial charge in [-0.3, -0.25) is 9.89 Å². The Balaban J connectivity index is 0.000000509. The lowest BCUT2D eigenvalue weighted by molar-refractivity contribution is -0.192. The number of nitrogens with zero attached hydrogens (tertiary/aromatic N) is 1. The van der Waals surface area contributed by atoms with Gasteiger partial charge in [0.2, 0.25) is 0 Å². The first kappa shape index (κ1) is 25.6. The molecule has 0 radical (unpaired) electrons. The van der Waals surface area contributed by atoms with Gasteiger partial charge >= 0.3 is 18.2 Å². The summed E-state index contributed by atoms with van der Waals surface area (Å²) in [6.07, 6.45) is -3.54. The summed E-state index contributed by atoms with van der Waals surface area (Å²) in [5.41, 5.74) is 7.79. The van der Waals surface area contributed by atoms with Crippen molar-refractivity contribution in [1.29, 1.82) is 0 Å². The van der Waals surface area contributed by atoms with Crippen LogP contribution in [0.25, 0.3) is 0 Å². The number of carbonyl (C=O) groups is 3. The number of rotatable bonds is 6. The van der Waals surface area contributed by atoms with Crippen LogP contribution in [-0.2, 0) is 11.3 Å². The number of amides is 3. The van der Waals surface area contributed by atoms with Gasteiger partial charge in [-0.05, 0) is 42.0 Å². The van der Waals surface area contributed by atoms with Gasteiger partial charge in [-0.25, -0.2) is 14.0 Å². The normalized spacial score (nSPS) is 10.5. The summed E-state index contributed by atoms with van der Waals surface area (Å²) in [6, 6.07) is 12.2. The molecule has 3 aromatic rings. The first-order valence-corrected chi connectivity index (χ1v) is 9.25. The van der Waals surface area contributed by atoms with Crippen LogP contribution in [0.1, 0.15) is 16.1 Å². The predicted molar refractivity (Wildman–Crippen MR) is 114 cm³/mol. The van der Waals surface area contributed by atoms with E-state index in [0.29, 0.717) is 23.6 Å². The van der Waals surface area contributed by atoms with Crippen LogP contribution in [-0.4, -0.2) is 39.4 Å². The van der Waals surface area contributed by atoms with E-state index >= 15 is 0 Å². The molecule has 0 saturated carbocycles. The van der Waals surface area contributed by atoms with E-state index < -0.39 is 24.1 Å². The van der Waals surface area contributed by atoms with Crippen LogP contribution in [0, 0.1) is 5.82 Å². The molecule has 2 aromatic carbocycles. The van der Waals surface area contributed by atoms with E-state index in [1.807, 2.05) is 6.07 Å². The number of primary amides is 1. The number of benzene rings is 2. The lowest BCUT2D eigenvalue weighted by Gasteiger charge is -2.10. The second-order valence-electron chi connectivity index (χ2n) is 6.45. The molecule has 180 valence electrons. The van der Waals surface area contributed by atoms with Gasteiger partial charge in [0.25, 0.3) is 5.91 Å². The monoisotopic (exact) mass is 482 g/mol. The van der Waals surface area contributed by atoms with E-state index in [0.717, 1.165) is 5.56 Å². The predicted octanol–water partition coefficient (Wildman–Crippen LogP) is 3.54. The quantitative estimate of drug-likeness (QED) is 0.295. The summed E-state index contributed by atoms with van der Waals surface area (Å²) in [5, 5.41) is 21.9. The Labute approximate surface area is 189 Å². The van der Waals surface area contributed by atoms with Crippen LogP contribution >= 0.6 is 0 Å². The number of hydrogen-bond donors (Lipinski definition) is 6. The number of nitrogens with two attached hydrogens (primary N) is 1. The average Bonchev–Trinajstić information content (AvgIpc) is 3.23. The van der Waals surface area contributed by atoms with Crippen molar-refractivity contribution in [2.45, 2.75) is 12.7 Å². The molecule has 7 N–H and O–H groups in total. The third-order valence-electron chi connectivity index (χ3n) is 3.89. The third kappa shape index (κ3) is 8.14. The lowest BCUT2D eigenvalue weighted by atomic mass is 10.2. The van der Waals surface area contributed by atoms with Crippen LogP contribution in [0.5, 0.6) is 0 Å². The molecule has 0 atom stereocenters. The molecule has 0 unspecified atom stereocenters. The highest BCUT2D eigenvalue weighted by Gasteiger charge is 2.38. The van der Waals surface area contributed by atoms with E-state index in [2.05, 4.69) is 26.1 Å². The number of nitrogens with one attached hydrogen (secondary N) is 4. The van der Waals surface area contributed by atoms with Crippen LogP contribution in [0.4, 0.5) is 39.4 Å². The van der Waals surface area contributed by atoms with Crippen molar-refractivity contribution in [3.63, 3.8) is 0 Å². The Morgan fingerprint density at radius 3 is 2.24 bits per heavy atom. The smallest absolute Gasteiger partial charge is 0.475 e. The number of anilines is 3. The number of halogens is 4. The number of carboxylic acids is 1. The number of aromatic amines is 1. The standard InChI is InChI=1S/C18H17FN6O2.C2HF3O2/c19-12-4-6-13(7-5-12)23-18(27)24-14-3-1-2-11(8-14)9-21-15-10-22-25-16(15)17(20)26;3-2(4,5)1(6)7/h1-8,10,21H,9H2,(H2,20,26)(H,22,25)(H2,23,24,27);(H,6,7). The molecule has 0 bridgehead atoms. The summed E-state index contributed by atoms with van der Waals surface area (Å²) >= 11 is 0. The second kappa shape index (κ2) is 11.3. The maximum atomic E-state index is 12.9. The first-order chi connectivity index (χ1) is 16.0. The molecule has 0 saturated heterocycles. The Morgan fingerprint density at radius 1 is 1.03 bits per heavy atom. The zero-order valence-electron chi connectivity index (χ0n) is 17.1. The molecule has 0 fully saturated rings. The Morgan fingerprint density at radius 2 is 1.65 bits per heavy atom. The van der Waals surface area contributed by atoms with E-state index in [4.69, 9.17) is 15.6 Å². The van der Waals surface area contributed by atoms with E-state index in [1.165, 1.54) is 24.3 Å². The lowest BCUT2D eigenvalue weighted by Crippen LogP contribution is -2.21. The minimum atomic E-state index is -5.08. The maximum Gasteiger partial charge on any atom is 0.490 e. The van der Waals surface area contributed by atoms with Crippen molar-refractivity contribution in [2.24, 2.45) is 5.73 Å². The third-order valence-corrected chi connectivity index (χ3v) is 3.89. The molecule has 14 heteroatoms. The van der Waals surface area contributed by atoms with Crippen molar-refractivity contribution in [2.75, 3.05) is 16.0 Å². The molecule has 0 aliphatic carbocycles. The molecular weight excluding hydrogens is 464 g/mol. The Bertz CT molecular complexity index is 1150. The van der Waals surface area contributed by atoms with Crippen LogP contribution in [0.15, 0.2) is 54.7 Å². The summed E-state index contributed by atoms with van der Waals surface area (Å²) < 4.78 is 44.6. The average molecular weight is 482 g/mol. The summed E-state index contributed by atoms with van der Waals surface area (Å²) in [5.74, 6) is -3.77. The topological polar surface area (TPSA) is 162 Å². The molecule has 1 heterocycles. The van der Waals surface area contributed by atoms with Gasteiger partial charge in [-0.1, -0.05) is 12.1 Å². The minimum absolute atomic E-state index is 0.128. The van der Waals surface area contributed by atoms with Crippen LogP contribution in [0.3, 0.4) is 0 Å². The number of aliphatic carboxylic acids is 1. The highest BCUT2D eigenvalue weighted by atomic mass is 19.4. The Hall–Kier alpha value is -4.62. The molecule has 0 aliphatic rings. The molecule has 34 heavy (non-hydrogen) atoms. The number of alkyl halides is 3. The number of hydrogen-bond acceptors (Lipinski definition) is 5. The van der Waals surface area contributed by atoms with E-state index in [9.17, 15) is 27.2 Å². The minimum Gasteiger partial charge on any atom is -0.475 e. The van der Waals surface area contributed by atoms with Crippen LogP contribution < -0.4 is 21.7 Å². The van der Waals surface area contributed by atoms with Gasteiger partial charge in [0, 0.05) is 24.1 Å². The number of carbonyl (C=O) groups excluding carboxylic acids is 2. The second-order valence-corrected chi connectivity index (χ2v) is 6.45. The zero-order valence-corrected chi connectivity index (χ0v) is 17.1. The van der Waals surface area contributed by atoms with E-state index in [1.54, 1.807) is 24.4 Å². The van der Waals surface area contributed by atoms with Crippen molar-refractivity contribution in [3.05, 3.63) is 71.8 Å². The van der Waals surface area contributed by atoms with Crippen molar-refractivity contribution >= 4 is 35.0 Å². The van der Waals surface area contributed by atoms with Gasteiger partial charge in [0.05, 0.1) is 5.69 Å². The molecule has 0 spiro atoms. The summed E-state index contributed by atoms with van der Waals surface area (Å²) in [7, 11) is 0. The molecule has 1 aromatic heterocycles. The molecule has 0 aliphatic heterocycles. The molecule has 10 nitrogen and oxygen atoms in total. The summed E-state index contributed by atoms with van der Waals surface area (Å²) in [6.45, 7) is 0.398. The first-order valence-electron chi connectivity index (χ1n) is 9.25. The fraction of sp³-hybridized carbons (Fsp3) is 0.100. The van der Waals surface area contributed by atoms with Crippen molar-refractivity contribution in [3.8, 4) is 0 Å². The highest BCUT2D eigenvalue weighted by Crippen LogP contribution is 2.16. The fourth-order valence-electron chi connectivity index (χ4n) is 2.40. The highest BCUT2D eigenvalue weighted by molar-refractivity contribution is 5.99. The van der Waals surface area contributed by atoms with Gasteiger partial charge in [-0.15, -0.1) is 0 Å². The van der Waals surface area contributed by atoms with Gasteiger partial charge in [-0.2, -0.15) is 18.3 Å². The zero-order chi connectivity index (χ0) is 25.3. The number of carboxylic acid groups (broad SMARTS) is 1. The van der Waals surface area contributed by atoms with Gasteiger partial charge in [0.15, 0.2) is 5.69 Å². The van der Waals surface area contributed by atoms with Crippen molar-refractivity contribution in [1.82, 2.24) is 10.2 Å². The largest absolute Gasteiger partial charge is 0.490 e. The molecular formula is C20H18F4N6O4. The van der Waals surface area contributed by atoms with Gasteiger partial charge < -0.3 is 26.8 Å². The summed E-state index contributed by atoms with van der Waals surface area (Å²) in [4.78, 5) is 32.2.